The van der Waals surface area contributed by atoms with Crippen molar-refractivity contribution < 1.29 is 9.53 Å². The molecule has 0 bridgehead atoms. The summed E-state index contributed by atoms with van der Waals surface area (Å²) in [5.41, 5.74) is 5.70. The number of amides is 1. The van der Waals surface area contributed by atoms with Crippen LogP contribution in [0.5, 0.6) is 0 Å². The maximum absolute atomic E-state index is 11.2. The Labute approximate surface area is 88.4 Å². The third-order valence-corrected chi connectivity index (χ3v) is 3.02. The number of thiocarbonyl (C=S) groups is 1. The molecule has 0 aromatic heterocycles. The lowest BCUT2D eigenvalue weighted by atomic mass is 10.0. The SMILES string of the molecule is NC(=S)CC1(CN2CCOC2=O)CC1. The van der Waals surface area contributed by atoms with Gasteiger partial charge in [-0.05, 0) is 18.3 Å². The highest BCUT2D eigenvalue weighted by atomic mass is 32.1. The summed E-state index contributed by atoms with van der Waals surface area (Å²) in [5, 5.41) is 0. The fraction of sp³-hybridized carbons (Fsp3) is 0.778. The molecule has 4 nitrogen and oxygen atoms in total. The van der Waals surface area contributed by atoms with Gasteiger partial charge in [0, 0.05) is 13.0 Å². The topological polar surface area (TPSA) is 55.6 Å². The number of ether oxygens (including phenoxy) is 1. The Balaban J connectivity index is 1.90. The maximum atomic E-state index is 11.2. The molecular formula is C9H14N2O2S. The molecule has 1 aliphatic carbocycles. The molecule has 1 amide bonds. The molecule has 0 atom stereocenters. The molecule has 2 rings (SSSR count). The lowest BCUT2D eigenvalue weighted by molar-refractivity contribution is 0.153. The van der Waals surface area contributed by atoms with E-state index < -0.39 is 0 Å². The first-order chi connectivity index (χ1) is 6.61. The molecule has 2 fully saturated rings. The predicted octanol–water partition coefficient (Wildman–Crippen LogP) is 0.895. The minimum Gasteiger partial charge on any atom is -0.448 e. The van der Waals surface area contributed by atoms with E-state index in [0.29, 0.717) is 18.1 Å². The van der Waals surface area contributed by atoms with E-state index in [1.165, 1.54) is 0 Å². The van der Waals surface area contributed by atoms with Crippen molar-refractivity contribution in [3.8, 4) is 0 Å². The summed E-state index contributed by atoms with van der Waals surface area (Å²) in [7, 11) is 0. The fourth-order valence-electron chi connectivity index (χ4n) is 1.91. The van der Waals surface area contributed by atoms with E-state index in [1.807, 2.05) is 0 Å². The minimum absolute atomic E-state index is 0.176. The van der Waals surface area contributed by atoms with Crippen LogP contribution in [-0.4, -0.2) is 35.7 Å². The van der Waals surface area contributed by atoms with Crippen LogP contribution in [0.1, 0.15) is 19.3 Å². The van der Waals surface area contributed by atoms with Crippen molar-refractivity contribution in [2.24, 2.45) is 11.1 Å². The van der Waals surface area contributed by atoms with Crippen LogP contribution in [0.25, 0.3) is 0 Å². The molecule has 2 aliphatic rings. The molecule has 1 heterocycles. The van der Waals surface area contributed by atoms with E-state index in [9.17, 15) is 4.79 Å². The van der Waals surface area contributed by atoms with Gasteiger partial charge in [0.15, 0.2) is 0 Å². The maximum Gasteiger partial charge on any atom is 0.409 e. The zero-order valence-corrected chi connectivity index (χ0v) is 8.81. The van der Waals surface area contributed by atoms with Gasteiger partial charge in [0.05, 0.1) is 11.5 Å². The zero-order chi connectivity index (χ0) is 10.2. The average molecular weight is 214 g/mol. The lowest BCUT2D eigenvalue weighted by Gasteiger charge is -2.20. The minimum atomic E-state index is -0.195. The second-order valence-electron chi connectivity index (χ2n) is 4.18. The van der Waals surface area contributed by atoms with Gasteiger partial charge < -0.3 is 15.4 Å². The molecule has 78 valence electrons. The highest BCUT2D eigenvalue weighted by molar-refractivity contribution is 7.80. The summed E-state index contributed by atoms with van der Waals surface area (Å²) < 4.78 is 4.87. The standard InChI is InChI=1S/C9H14N2O2S/c10-7(14)5-9(1-2-9)6-11-3-4-13-8(11)12/h1-6H2,(H2,10,14). The van der Waals surface area contributed by atoms with Gasteiger partial charge >= 0.3 is 6.09 Å². The number of carbonyl (C=O) groups is 1. The van der Waals surface area contributed by atoms with Crippen molar-refractivity contribution in [2.45, 2.75) is 19.3 Å². The number of rotatable bonds is 4. The highest BCUT2D eigenvalue weighted by Crippen LogP contribution is 2.49. The van der Waals surface area contributed by atoms with E-state index in [1.54, 1.807) is 4.90 Å². The summed E-state index contributed by atoms with van der Waals surface area (Å²) in [6.45, 7) is 1.98. The van der Waals surface area contributed by atoms with Gasteiger partial charge in [-0.3, -0.25) is 0 Å². The smallest absolute Gasteiger partial charge is 0.409 e. The van der Waals surface area contributed by atoms with Crippen LogP contribution in [-0.2, 0) is 4.74 Å². The van der Waals surface area contributed by atoms with Crippen molar-refractivity contribution >= 4 is 23.3 Å². The molecule has 1 saturated carbocycles. The van der Waals surface area contributed by atoms with Gasteiger partial charge in [0.2, 0.25) is 0 Å². The molecule has 14 heavy (non-hydrogen) atoms. The monoisotopic (exact) mass is 214 g/mol. The number of nitrogens with zero attached hydrogens (tertiary/aromatic N) is 1. The Morgan fingerprint density at radius 1 is 1.64 bits per heavy atom. The van der Waals surface area contributed by atoms with Crippen molar-refractivity contribution in [2.75, 3.05) is 19.7 Å². The summed E-state index contributed by atoms with van der Waals surface area (Å²) in [6, 6.07) is 0. The molecule has 2 N–H and O–H groups in total. The molecule has 0 radical (unpaired) electrons. The third kappa shape index (κ3) is 1.97. The fourth-order valence-corrected chi connectivity index (χ4v) is 2.22. The first-order valence-corrected chi connectivity index (χ1v) is 5.22. The van der Waals surface area contributed by atoms with Crippen LogP contribution in [0, 0.1) is 5.41 Å². The first-order valence-electron chi connectivity index (χ1n) is 4.81. The molecule has 1 aliphatic heterocycles. The number of cyclic esters (lactones) is 1. The Kier molecular flexibility index (Phi) is 2.34. The van der Waals surface area contributed by atoms with Crippen LogP contribution in [0.2, 0.25) is 0 Å². The Morgan fingerprint density at radius 3 is 2.79 bits per heavy atom. The molecule has 0 aromatic rings. The predicted molar refractivity (Wildman–Crippen MR) is 56.0 cm³/mol. The van der Waals surface area contributed by atoms with Crippen LogP contribution < -0.4 is 5.73 Å². The quantitative estimate of drug-likeness (QED) is 0.706. The van der Waals surface area contributed by atoms with Crippen molar-refractivity contribution in [1.29, 1.82) is 0 Å². The van der Waals surface area contributed by atoms with Crippen LogP contribution >= 0.6 is 12.2 Å². The third-order valence-electron chi connectivity index (χ3n) is 2.88. The molecular weight excluding hydrogens is 200 g/mol. The average Bonchev–Trinajstić information content (AvgIpc) is 2.70. The normalized spacial score (nSPS) is 23.4. The molecule has 0 unspecified atom stereocenters. The van der Waals surface area contributed by atoms with Gasteiger partial charge in [0.25, 0.3) is 0 Å². The van der Waals surface area contributed by atoms with Crippen molar-refractivity contribution in [3.05, 3.63) is 0 Å². The van der Waals surface area contributed by atoms with Gasteiger partial charge in [-0.15, -0.1) is 0 Å². The number of hydrogen-bond acceptors (Lipinski definition) is 3. The van der Waals surface area contributed by atoms with E-state index in [-0.39, 0.29) is 11.5 Å². The lowest BCUT2D eigenvalue weighted by Crippen LogP contribution is -2.33. The van der Waals surface area contributed by atoms with Crippen molar-refractivity contribution in [1.82, 2.24) is 4.90 Å². The van der Waals surface area contributed by atoms with E-state index in [4.69, 9.17) is 22.7 Å². The van der Waals surface area contributed by atoms with Crippen LogP contribution in [0.3, 0.4) is 0 Å². The Bertz CT molecular complexity index is 276. The second-order valence-corrected chi connectivity index (χ2v) is 4.70. The van der Waals surface area contributed by atoms with Gasteiger partial charge in [-0.1, -0.05) is 12.2 Å². The second kappa shape index (κ2) is 3.38. The molecule has 1 saturated heterocycles. The highest BCUT2D eigenvalue weighted by Gasteiger charge is 2.45. The molecule has 0 spiro atoms. The van der Waals surface area contributed by atoms with Crippen LogP contribution in [0.4, 0.5) is 4.79 Å². The van der Waals surface area contributed by atoms with Gasteiger partial charge in [0.1, 0.15) is 6.61 Å². The summed E-state index contributed by atoms with van der Waals surface area (Å²) in [6.07, 6.45) is 2.80. The largest absolute Gasteiger partial charge is 0.448 e. The molecule has 5 heteroatoms. The van der Waals surface area contributed by atoms with Gasteiger partial charge in [-0.2, -0.15) is 0 Å². The summed E-state index contributed by atoms with van der Waals surface area (Å²) >= 11 is 4.90. The van der Waals surface area contributed by atoms with E-state index in [0.717, 1.165) is 25.8 Å². The van der Waals surface area contributed by atoms with E-state index >= 15 is 0 Å². The van der Waals surface area contributed by atoms with Gasteiger partial charge in [-0.25, -0.2) is 4.79 Å². The number of hydrogen-bond donors (Lipinski definition) is 1. The number of carbonyl (C=O) groups excluding carboxylic acids is 1. The Hall–Kier alpha value is -0.840. The summed E-state index contributed by atoms with van der Waals surface area (Å²) in [5.74, 6) is 0. The summed E-state index contributed by atoms with van der Waals surface area (Å²) in [4.78, 5) is 13.5. The number of nitrogens with two attached hydrogens (primary N) is 1. The first kappa shape index (κ1) is 9.71. The molecule has 0 aromatic carbocycles. The van der Waals surface area contributed by atoms with E-state index in [2.05, 4.69) is 0 Å². The van der Waals surface area contributed by atoms with Crippen molar-refractivity contribution in [3.63, 3.8) is 0 Å². The Morgan fingerprint density at radius 2 is 2.36 bits per heavy atom. The zero-order valence-electron chi connectivity index (χ0n) is 7.99. The van der Waals surface area contributed by atoms with Crippen LogP contribution in [0.15, 0.2) is 0 Å².